The van der Waals surface area contributed by atoms with Gasteiger partial charge in [-0.2, -0.15) is 0 Å². The van der Waals surface area contributed by atoms with Crippen molar-refractivity contribution in [2.24, 2.45) is 0 Å². The fourth-order valence-electron chi connectivity index (χ4n) is 4.54. The predicted molar refractivity (Wildman–Crippen MR) is 142 cm³/mol. The second-order valence-corrected chi connectivity index (χ2v) is 9.89. The van der Waals surface area contributed by atoms with Crippen LogP contribution in [0.2, 0.25) is 0 Å². The molecule has 7 nitrogen and oxygen atoms in total. The van der Waals surface area contributed by atoms with Crippen molar-refractivity contribution >= 4 is 28.2 Å². The zero-order chi connectivity index (χ0) is 24.5. The number of nitrogens with one attached hydrogen (secondary N) is 2. The smallest absolute Gasteiger partial charge is 0.348 e. The largest absolute Gasteiger partial charge is 0.458 e. The van der Waals surface area contributed by atoms with Crippen LogP contribution in [0.4, 0.5) is 0 Å². The maximum atomic E-state index is 12.7. The fraction of sp³-hybridized carbons (Fsp3) is 0.214. The number of rotatable bonds is 5. The van der Waals surface area contributed by atoms with E-state index in [1.165, 1.54) is 11.3 Å². The van der Waals surface area contributed by atoms with Crippen LogP contribution in [0.1, 0.15) is 28.2 Å². The number of benzene rings is 1. The van der Waals surface area contributed by atoms with Crippen LogP contribution in [0, 0.1) is 6.92 Å². The highest BCUT2D eigenvalue weighted by atomic mass is 32.1. The normalized spacial score (nSPS) is 14.2. The van der Waals surface area contributed by atoms with E-state index in [4.69, 9.17) is 4.74 Å². The van der Waals surface area contributed by atoms with Crippen molar-refractivity contribution in [1.82, 2.24) is 25.3 Å². The molecule has 180 valence electrons. The molecule has 5 aromatic rings. The summed E-state index contributed by atoms with van der Waals surface area (Å²) in [6.45, 7) is 3.76. The highest BCUT2D eigenvalue weighted by molar-refractivity contribution is 7.12. The van der Waals surface area contributed by atoms with Gasteiger partial charge in [0.1, 0.15) is 11.0 Å². The quantitative estimate of drug-likeness (QED) is 0.307. The van der Waals surface area contributed by atoms with Crippen molar-refractivity contribution in [2.45, 2.75) is 25.9 Å². The Labute approximate surface area is 212 Å². The maximum absolute atomic E-state index is 12.7. The van der Waals surface area contributed by atoms with Gasteiger partial charge in [0.25, 0.3) is 0 Å². The molecule has 1 fully saturated rings. The summed E-state index contributed by atoms with van der Waals surface area (Å²) in [6, 6.07) is 16.1. The lowest BCUT2D eigenvalue weighted by Crippen LogP contribution is -2.33. The van der Waals surface area contributed by atoms with Gasteiger partial charge >= 0.3 is 5.97 Å². The minimum atomic E-state index is -0.245. The molecule has 1 aromatic carbocycles. The highest BCUT2D eigenvalue weighted by Gasteiger charge is 2.20. The van der Waals surface area contributed by atoms with Crippen LogP contribution in [0.25, 0.3) is 44.7 Å². The number of nitrogens with zero attached hydrogens (tertiary/aromatic N) is 3. The molecule has 0 unspecified atom stereocenters. The van der Waals surface area contributed by atoms with E-state index < -0.39 is 0 Å². The van der Waals surface area contributed by atoms with Crippen LogP contribution in [0.3, 0.4) is 0 Å². The van der Waals surface area contributed by atoms with Gasteiger partial charge in [-0.25, -0.2) is 9.78 Å². The second kappa shape index (κ2) is 9.64. The van der Waals surface area contributed by atoms with Crippen LogP contribution in [0.15, 0.2) is 66.4 Å². The topological polar surface area (TPSA) is 92.8 Å². The minimum Gasteiger partial charge on any atom is -0.458 e. The van der Waals surface area contributed by atoms with Crippen LogP contribution < -0.4 is 5.32 Å². The lowest BCUT2D eigenvalue weighted by Gasteiger charge is -2.22. The molecule has 1 saturated heterocycles. The molecule has 0 radical (unpaired) electrons. The Morgan fingerprint density at radius 2 is 1.89 bits per heavy atom. The average Bonchev–Trinajstić information content (AvgIpc) is 3.59. The van der Waals surface area contributed by atoms with Gasteiger partial charge in [0.05, 0.1) is 28.9 Å². The summed E-state index contributed by atoms with van der Waals surface area (Å²) < 4.78 is 5.71. The number of thiophene rings is 1. The van der Waals surface area contributed by atoms with Crippen molar-refractivity contribution < 1.29 is 9.53 Å². The van der Waals surface area contributed by atoms with E-state index in [1.54, 1.807) is 6.33 Å². The van der Waals surface area contributed by atoms with Crippen molar-refractivity contribution in [3.05, 3.63) is 77.0 Å². The highest BCUT2D eigenvalue weighted by Crippen LogP contribution is 2.32. The predicted octanol–water partition coefficient (Wildman–Crippen LogP) is 5.63. The third-order valence-electron chi connectivity index (χ3n) is 6.43. The first kappa shape index (κ1) is 22.6. The SMILES string of the molecule is Cc1cccc(-c2[nH]cnc2-c2ccc3ncc(-c4csc(C(=O)OC5CCNCC5)c4)cc3c2)n1. The van der Waals surface area contributed by atoms with Gasteiger partial charge in [-0.3, -0.25) is 9.97 Å². The van der Waals surface area contributed by atoms with E-state index in [0.717, 1.165) is 76.3 Å². The van der Waals surface area contributed by atoms with Crippen LogP contribution in [-0.2, 0) is 4.74 Å². The summed E-state index contributed by atoms with van der Waals surface area (Å²) in [5.41, 5.74) is 7.34. The average molecular weight is 496 g/mol. The number of piperidine rings is 1. The molecule has 2 N–H and O–H groups in total. The van der Waals surface area contributed by atoms with E-state index in [2.05, 4.69) is 37.4 Å². The Morgan fingerprint density at radius 1 is 1.03 bits per heavy atom. The zero-order valence-electron chi connectivity index (χ0n) is 19.8. The van der Waals surface area contributed by atoms with E-state index in [9.17, 15) is 4.79 Å². The number of pyridine rings is 2. The first-order chi connectivity index (χ1) is 17.6. The fourth-order valence-corrected chi connectivity index (χ4v) is 5.34. The number of aromatic amines is 1. The molecule has 0 amide bonds. The molecule has 0 aliphatic carbocycles. The molecule has 6 rings (SSSR count). The van der Waals surface area contributed by atoms with Gasteiger partial charge < -0.3 is 15.0 Å². The van der Waals surface area contributed by atoms with E-state index in [1.807, 2.05) is 54.9 Å². The number of aromatic nitrogens is 4. The first-order valence-electron chi connectivity index (χ1n) is 12.0. The van der Waals surface area contributed by atoms with Crippen molar-refractivity contribution in [2.75, 3.05) is 13.1 Å². The molecule has 8 heteroatoms. The third-order valence-corrected chi connectivity index (χ3v) is 7.34. The molecule has 0 spiro atoms. The summed E-state index contributed by atoms with van der Waals surface area (Å²) in [5, 5.41) is 6.28. The number of ether oxygens (including phenoxy) is 1. The molecule has 4 aromatic heterocycles. The second-order valence-electron chi connectivity index (χ2n) is 8.98. The van der Waals surface area contributed by atoms with Gasteiger partial charge in [-0.1, -0.05) is 12.1 Å². The van der Waals surface area contributed by atoms with Crippen molar-refractivity contribution in [1.29, 1.82) is 0 Å². The monoisotopic (exact) mass is 495 g/mol. The number of aryl methyl sites for hydroxylation is 1. The Hall–Kier alpha value is -3.88. The first-order valence-corrected chi connectivity index (χ1v) is 12.9. The van der Waals surface area contributed by atoms with Crippen LogP contribution >= 0.6 is 11.3 Å². The number of imidazole rings is 1. The van der Waals surface area contributed by atoms with E-state index in [-0.39, 0.29) is 12.1 Å². The van der Waals surface area contributed by atoms with E-state index >= 15 is 0 Å². The van der Waals surface area contributed by atoms with Gasteiger partial charge in [0, 0.05) is 28.4 Å². The van der Waals surface area contributed by atoms with Gasteiger partial charge in [0.2, 0.25) is 0 Å². The van der Waals surface area contributed by atoms with Crippen LogP contribution in [0.5, 0.6) is 0 Å². The van der Waals surface area contributed by atoms with Crippen molar-refractivity contribution in [3.63, 3.8) is 0 Å². The standard InChI is InChI=1S/C28H25N5O2S/c1-17-3-2-4-24(33-17)27-26(31-16-32-27)18-5-6-23-19(11-18)12-20(14-30-23)21-13-25(36-15-21)28(34)35-22-7-9-29-10-8-22/h2-6,11-16,22,29H,7-10H2,1H3,(H,31,32). The Bertz CT molecular complexity index is 1550. The number of hydrogen-bond acceptors (Lipinski definition) is 7. The Kier molecular flexibility index (Phi) is 6.04. The summed E-state index contributed by atoms with van der Waals surface area (Å²) in [4.78, 5) is 30.4. The minimum absolute atomic E-state index is 0.00742. The number of fused-ring (bicyclic) bond motifs is 1. The molecule has 1 aliphatic rings. The summed E-state index contributed by atoms with van der Waals surface area (Å²) in [5.74, 6) is -0.245. The number of carbonyl (C=O) groups is 1. The Morgan fingerprint density at radius 3 is 2.75 bits per heavy atom. The van der Waals surface area contributed by atoms with Crippen LogP contribution in [-0.4, -0.2) is 45.1 Å². The molecule has 0 saturated carbocycles. The summed E-state index contributed by atoms with van der Waals surface area (Å²) in [7, 11) is 0. The van der Waals surface area contributed by atoms with Crippen molar-refractivity contribution in [3.8, 4) is 33.8 Å². The molecule has 0 bridgehead atoms. The number of hydrogen-bond donors (Lipinski definition) is 2. The maximum Gasteiger partial charge on any atom is 0.348 e. The molecular formula is C28H25N5O2S. The summed E-state index contributed by atoms with van der Waals surface area (Å²) >= 11 is 1.41. The molecule has 5 heterocycles. The molecule has 36 heavy (non-hydrogen) atoms. The molecule has 0 atom stereocenters. The molecular weight excluding hydrogens is 470 g/mol. The number of esters is 1. The van der Waals surface area contributed by atoms with Gasteiger partial charge in [-0.05, 0) is 80.2 Å². The lowest BCUT2D eigenvalue weighted by molar-refractivity contribution is 0.0235. The zero-order valence-corrected chi connectivity index (χ0v) is 20.6. The van der Waals surface area contributed by atoms with Gasteiger partial charge in [-0.15, -0.1) is 11.3 Å². The van der Waals surface area contributed by atoms with E-state index in [0.29, 0.717) is 4.88 Å². The Balaban J connectivity index is 1.28. The van der Waals surface area contributed by atoms with Gasteiger partial charge in [0.15, 0.2) is 0 Å². The number of carbonyl (C=O) groups excluding carboxylic acids is 1. The number of H-pyrrole nitrogens is 1. The lowest BCUT2D eigenvalue weighted by atomic mass is 10.0. The summed E-state index contributed by atoms with van der Waals surface area (Å²) in [6.07, 6.45) is 5.26. The third kappa shape index (κ3) is 4.53. The molecule has 1 aliphatic heterocycles.